The van der Waals surface area contributed by atoms with E-state index >= 15 is 0 Å². The lowest BCUT2D eigenvalue weighted by atomic mass is 9.85. The van der Waals surface area contributed by atoms with Gasteiger partial charge in [0.1, 0.15) is 24.3 Å². The highest BCUT2D eigenvalue weighted by atomic mass is 35.5. The number of aromatic nitrogens is 6. The molecule has 4 heterocycles. The molecule has 14 nitrogen and oxygen atoms in total. The Morgan fingerprint density at radius 1 is 0.559 bits per heavy atom. The third kappa shape index (κ3) is 15.4. The molecule has 0 amide bonds. The van der Waals surface area contributed by atoms with Gasteiger partial charge >= 0.3 is 11.9 Å². The zero-order chi connectivity index (χ0) is 47.3. The van der Waals surface area contributed by atoms with Crippen molar-refractivity contribution in [3.05, 3.63) is 128 Å². The summed E-state index contributed by atoms with van der Waals surface area (Å²) in [5.41, 5.74) is 26.5. The SMILES string of the molecule is Cc1ccc(-c2c(COc3nn(C)cc3C(=O)O)c(C)nc(CC(C)(C)C)c2CN)cc1.Cc1ccc(-c2c(COc3nn(C)cc3C(=O)O)c(C)nc(CC(C)(C)C)c2CN)cc1.Cl.Cl.Cl.Cl. The van der Waals surface area contributed by atoms with Crippen LogP contribution in [0.1, 0.15) is 118 Å². The van der Waals surface area contributed by atoms with E-state index in [4.69, 9.17) is 30.9 Å². The second-order valence-corrected chi connectivity index (χ2v) is 18.8. The van der Waals surface area contributed by atoms with Crippen molar-refractivity contribution in [2.75, 3.05) is 0 Å². The zero-order valence-corrected chi connectivity index (χ0v) is 44.3. The van der Waals surface area contributed by atoms with Crippen molar-refractivity contribution in [2.24, 2.45) is 36.4 Å². The van der Waals surface area contributed by atoms with Gasteiger partial charge in [-0.1, -0.05) is 101 Å². The normalized spacial score (nSPS) is 10.9. The summed E-state index contributed by atoms with van der Waals surface area (Å²) < 4.78 is 14.7. The maximum absolute atomic E-state index is 11.5. The zero-order valence-electron chi connectivity index (χ0n) is 41.0. The highest BCUT2D eigenvalue weighted by molar-refractivity contribution is 5.90. The molecule has 0 aliphatic rings. The fourth-order valence-corrected chi connectivity index (χ4v) is 7.64. The summed E-state index contributed by atoms with van der Waals surface area (Å²) in [5, 5.41) is 27.2. The maximum Gasteiger partial charge on any atom is 0.342 e. The number of aromatic carboxylic acids is 2. The van der Waals surface area contributed by atoms with Gasteiger partial charge in [-0.25, -0.2) is 9.59 Å². The molecule has 2 aromatic carbocycles. The van der Waals surface area contributed by atoms with Crippen molar-refractivity contribution >= 4 is 61.6 Å². The number of rotatable bonds is 14. The number of ether oxygens (including phenoxy) is 2. The number of halogens is 4. The van der Waals surface area contributed by atoms with E-state index in [-0.39, 0.29) is 96.6 Å². The Bertz CT molecular complexity index is 2450. The van der Waals surface area contributed by atoms with Gasteiger partial charge in [-0.15, -0.1) is 59.8 Å². The van der Waals surface area contributed by atoms with Crippen molar-refractivity contribution in [3.63, 3.8) is 0 Å². The van der Waals surface area contributed by atoms with Crippen LogP contribution in [0.4, 0.5) is 0 Å². The van der Waals surface area contributed by atoms with Crippen LogP contribution in [0.2, 0.25) is 0 Å². The predicted molar refractivity (Wildman–Crippen MR) is 278 cm³/mol. The molecule has 372 valence electrons. The summed E-state index contributed by atoms with van der Waals surface area (Å²) in [6.07, 6.45) is 4.45. The molecule has 6 rings (SSSR count). The lowest BCUT2D eigenvalue weighted by molar-refractivity contribution is 0.0680. The Labute approximate surface area is 425 Å². The molecule has 4 aromatic heterocycles. The van der Waals surface area contributed by atoms with Crippen LogP contribution in [0, 0.1) is 38.5 Å². The van der Waals surface area contributed by atoms with Crippen molar-refractivity contribution in [1.82, 2.24) is 29.5 Å². The molecule has 68 heavy (non-hydrogen) atoms. The molecule has 0 saturated heterocycles. The minimum Gasteiger partial charge on any atom is -0.477 e. The number of carbonyl (C=O) groups is 2. The molecule has 0 unspecified atom stereocenters. The van der Waals surface area contributed by atoms with E-state index < -0.39 is 11.9 Å². The Balaban J connectivity index is 0.000000642. The van der Waals surface area contributed by atoms with Gasteiger partial charge in [0.2, 0.25) is 11.8 Å². The first-order valence-corrected chi connectivity index (χ1v) is 21.4. The number of nitrogens with zero attached hydrogens (tertiary/aromatic N) is 6. The van der Waals surface area contributed by atoms with Gasteiger partial charge in [-0.2, -0.15) is 0 Å². The number of pyridine rings is 2. The summed E-state index contributed by atoms with van der Waals surface area (Å²) in [5.74, 6) is -1.99. The lowest BCUT2D eigenvalue weighted by Gasteiger charge is -2.24. The lowest BCUT2D eigenvalue weighted by Crippen LogP contribution is -2.18. The van der Waals surface area contributed by atoms with Crippen LogP contribution < -0.4 is 20.9 Å². The number of carboxylic acids is 2. The summed E-state index contributed by atoms with van der Waals surface area (Å²) in [6, 6.07) is 16.6. The summed E-state index contributed by atoms with van der Waals surface area (Å²) in [7, 11) is 3.33. The number of nitrogens with two attached hydrogens (primary N) is 2. The molecule has 0 spiro atoms. The van der Waals surface area contributed by atoms with Crippen molar-refractivity contribution in [3.8, 4) is 34.0 Å². The average molecular weight is 1020 g/mol. The van der Waals surface area contributed by atoms with Gasteiger partial charge in [0, 0.05) is 73.5 Å². The van der Waals surface area contributed by atoms with Crippen LogP contribution in [0.3, 0.4) is 0 Å². The summed E-state index contributed by atoms with van der Waals surface area (Å²) in [4.78, 5) is 32.9. The third-order valence-corrected chi connectivity index (χ3v) is 10.6. The Kier molecular flexibility index (Phi) is 22.7. The molecular formula is C50H68Cl4N8O6. The van der Waals surface area contributed by atoms with Crippen LogP contribution in [0.25, 0.3) is 22.3 Å². The molecule has 0 fully saturated rings. The Morgan fingerprint density at radius 2 is 0.868 bits per heavy atom. The molecule has 6 N–H and O–H groups in total. The van der Waals surface area contributed by atoms with Gasteiger partial charge < -0.3 is 31.2 Å². The van der Waals surface area contributed by atoms with E-state index in [2.05, 4.69) is 114 Å². The standard InChI is InChI=1S/2C25H32N4O3.4ClH/c2*1-15-7-9-17(10-8-15)22-18(12-26)21(11-25(3,4)5)27-16(2)20(22)14-32-23-19(24(30)31)13-29(6)28-23;;;;/h2*7-10,13H,11-12,14,26H2,1-6H3,(H,30,31);4*1H. The Morgan fingerprint density at radius 3 is 1.13 bits per heavy atom. The molecule has 0 bridgehead atoms. The second-order valence-electron chi connectivity index (χ2n) is 18.8. The van der Waals surface area contributed by atoms with E-state index in [1.165, 1.54) is 32.9 Å². The minimum absolute atomic E-state index is 0. The van der Waals surface area contributed by atoms with E-state index in [9.17, 15) is 19.8 Å². The average Bonchev–Trinajstić information content (AvgIpc) is 3.78. The van der Waals surface area contributed by atoms with Crippen molar-refractivity contribution < 1.29 is 29.3 Å². The van der Waals surface area contributed by atoms with Gasteiger partial charge in [-0.05, 0) is 84.7 Å². The van der Waals surface area contributed by atoms with Crippen LogP contribution >= 0.6 is 49.6 Å². The van der Waals surface area contributed by atoms with Crippen molar-refractivity contribution in [2.45, 2.75) is 108 Å². The van der Waals surface area contributed by atoms with Crippen LogP contribution in [-0.2, 0) is 53.2 Å². The first kappa shape index (κ1) is 60.8. The molecule has 0 radical (unpaired) electrons. The number of hydrogen-bond acceptors (Lipinski definition) is 10. The molecule has 18 heteroatoms. The smallest absolute Gasteiger partial charge is 0.342 e. The fourth-order valence-electron chi connectivity index (χ4n) is 7.64. The van der Waals surface area contributed by atoms with Gasteiger partial charge in [0.25, 0.3) is 0 Å². The van der Waals surface area contributed by atoms with Gasteiger partial charge in [0.05, 0.1) is 0 Å². The molecule has 6 aromatic rings. The highest BCUT2D eigenvalue weighted by Gasteiger charge is 2.26. The summed E-state index contributed by atoms with van der Waals surface area (Å²) in [6.45, 7) is 22.1. The predicted octanol–water partition coefficient (Wildman–Crippen LogP) is 10.5. The van der Waals surface area contributed by atoms with Gasteiger partial charge in [0.15, 0.2) is 0 Å². The van der Waals surface area contributed by atoms with Crippen LogP contribution in [0.15, 0.2) is 60.9 Å². The highest BCUT2D eigenvalue weighted by Crippen LogP contribution is 2.37. The van der Waals surface area contributed by atoms with Gasteiger partial charge in [-0.3, -0.25) is 19.3 Å². The van der Waals surface area contributed by atoms with E-state index in [0.717, 1.165) is 80.1 Å². The monoisotopic (exact) mass is 1020 g/mol. The first-order valence-electron chi connectivity index (χ1n) is 21.4. The molecule has 0 aliphatic carbocycles. The number of carboxylic acid groups (broad SMARTS) is 2. The number of benzene rings is 2. The minimum atomic E-state index is -1.08. The van der Waals surface area contributed by atoms with Crippen LogP contribution in [0.5, 0.6) is 11.8 Å². The largest absolute Gasteiger partial charge is 0.477 e. The quantitative estimate of drug-likeness (QED) is 0.0804. The second kappa shape index (κ2) is 25.4. The van der Waals surface area contributed by atoms with E-state index in [0.29, 0.717) is 13.1 Å². The topological polar surface area (TPSA) is 207 Å². The number of hydrogen-bond donors (Lipinski definition) is 4. The molecule has 0 saturated carbocycles. The fraction of sp³-hybridized carbons (Fsp3) is 0.400. The van der Waals surface area contributed by atoms with E-state index in [1.54, 1.807) is 14.1 Å². The first-order chi connectivity index (χ1) is 30.0. The summed E-state index contributed by atoms with van der Waals surface area (Å²) >= 11 is 0. The van der Waals surface area contributed by atoms with E-state index in [1.807, 2.05) is 13.8 Å². The molecule has 0 atom stereocenters. The van der Waals surface area contributed by atoms with Crippen LogP contribution in [-0.4, -0.2) is 51.7 Å². The van der Waals surface area contributed by atoms with Crippen molar-refractivity contribution in [1.29, 1.82) is 0 Å². The molecule has 0 aliphatic heterocycles. The Hall–Kier alpha value is -5.22. The maximum atomic E-state index is 11.5. The molecular weight excluding hydrogens is 950 g/mol. The third-order valence-electron chi connectivity index (χ3n) is 10.6. The number of aryl methyl sites for hydroxylation is 6.